The molecule has 0 aromatic rings. The van der Waals surface area contributed by atoms with Crippen molar-refractivity contribution in [3.63, 3.8) is 0 Å². The van der Waals surface area contributed by atoms with Gasteiger partial charge >= 0.3 is 0 Å². The zero-order chi connectivity index (χ0) is 8.27. The van der Waals surface area contributed by atoms with E-state index in [0.717, 1.165) is 6.54 Å². The molecule has 64 valence electrons. The molecular weight excluding hydrogens is 147 g/mol. The second-order valence-corrected chi connectivity index (χ2v) is 2.82. The van der Waals surface area contributed by atoms with Crippen LogP contribution in [-0.4, -0.2) is 31.2 Å². The Morgan fingerprint density at radius 3 is 3.00 bits per heavy atom. The summed E-state index contributed by atoms with van der Waals surface area (Å²) in [6.45, 7) is 2.55. The van der Waals surface area contributed by atoms with Gasteiger partial charge in [0.1, 0.15) is 6.17 Å². The molecule has 0 spiro atoms. The summed E-state index contributed by atoms with van der Waals surface area (Å²) in [5.41, 5.74) is 0. The van der Waals surface area contributed by atoms with Gasteiger partial charge in [-0.1, -0.05) is 0 Å². The molecule has 1 heterocycles. The molecule has 0 bridgehead atoms. The van der Waals surface area contributed by atoms with Crippen molar-refractivity contribution in [3.05, 3.63) is 0 Å². The molecule has 1 fully saturated rings. The van der Waals surface area contributed by atoms with E-state index in [0.29, 0.717) is 13.0 Å². The number of piperidine rings is 1. The number of amides is 1. The van der Waals surface area contributed by atoms with Crippen molar-refractivity contribution in [1.29, 1.82) is 0 Å². The highest BCUT2D eigenvalue weighted by atomic mass is 19.1. The highest BCUT2D eigenvalue weighted by Crippen LogP contribution is 2.06. The molecular formula is C7H13FN2O. The number of carbonyl (C=O) groups is 1. The quantitative estimate of drug-likeness (QED) is 0.559. The Bertz CT molecular complexity index is 151. The maximum Gasteiger partial charge on any atom is 0.217 e. The van der Waals surface area contributed by atoms with Crippen LogP contribution in [0.5, 0.6) is 0 Å². The Labute approximate surface area is 65.3 Å². The fraction of sp³-hybridized carbons (Fsp3) is 0.857. The second-order valence-electron chi connectivity index (χ2n) is 2.82. The van der Waals surface area contributed by atoms with Gasteiger partial charge in [0.25, 0.3) is 0 Å². The molecule has 0 aliphatic carbocycles. The largest absolute Gasteiger partial charge is 0.351 e. The zero-order valence-corrected chi connectivity index (χ0v) is 6.56. The minimum atomic E-state index is -0.937. The summed E-state index contributed by atoms with van der Waals surface area (Å²) in [6.07, 6.45) is -0.256. The van der Waals surface area contributed by atoms with Crippen LogP contribution in [0, 0.1) is 0 Å². The van der Waals surface area contributed by atoms with Gasteiger partial charge in [-0.05, 0) is 13.0 Å². The van der Waals surface area contributed by atoms with E-state index < -0.39 is 6.17 Å². The van der Waals surface area contributed by atoms with Crippen LogP contribution in [0.4, 0.5) is 4.39 Å². The predicted octanol–water partition coefficient (Wildman–Crippen LogP) is -0.177. The molecule has 3 nitrogen and oxygen atoms in total. The molecule has 0 saturated carbocycles. The molecule has 2 atom stereocenters. The third kappa shape index (κ3) is 2.46. The number of nitrogens with one attached hydrogen (secondary N) is 2. The number of hydrogen-bond donors (Lipinski definition) is 2. The van der Waals surface area contributed by atoms with Gasteiger partial charge < -0.3 is 10.6 Å². The third-order valence-electron chi connectivity index (χ3n) is 1.80. The van der Waals surface area contributed by atoms with Crippen molar-refractivity contribution < 1.29 is 9.18 Å². The molecule has 4 heteroatoms. The summed E-state index contributed by atoms with van der Waals surface area (Å²) >= 11 is 0. The summed E-state index contributed by atoms with van der Waals surface area (Å²) in [7, 11) is 0. The minimum Gasteiger partial charge on any atom is -0.351 e. The number of carbonyl (C=O) groups excluding carboxylic acids is 1. The van der Waals surface area contributed by atoms with Gasteiger partial charge in [0.2, 0.25) is 5.91 Å². The maximum absolute atomic E-state index is 12.9. The van der Waals surface area contributed by atoms with Crippen molar-refractivity contribution in [2.45, 2.75) is 25.6 Å². The Kier molecular flexibility index (Phi) is 2.82. The lowest BCUT2D eigenvalue weighted by Gasteiger charge is -2.26. The fourth-order valence-corrected chi connectivity index (χ4v) is 1.24. The van der Waals surface area contributed by atoms with Crippen LogP contribution < -0.4 is 10.6 Å². The van der Waals surface area contributed by atoms with Crippen molar-refractivity contribution in [1.82, 2.24) is 10.6 Å². The average molecular weight is 160 g/mol. The summed E-state index contributed by atoms with van der Waals surface area (Å²) in [4.78, 5) is 10.6. The molecule has 0 aromatic heterocycles. The van der Waals surface area contributed by atoms with Gasteiger partial charge in [0.15, 0.2) is 0 Å². The van der Waals surface area contributed by atoms with Crippen LogP contribution in [0.15, 0.2) is 0 Å². The Balaban J connectivity index is 2.35. The fourth-order valence-electron chi connectivity index (χ4n) is 1.24. The summed E-state index contributed by atoms with van der Waals surface area (Å²) in [5.74, 6) is -0.153. The van der Waals surface area contributed by atoms with E-state index in [1.807, 2.05) is 0 Å². The first-order valence-electron chi connectivity index (χ1n) is 3.82. The summed E-state index contributed by atoms with van der Waals surface area (Å²) in [5, 5.41) is 5.49. The smallest absolute Gasteiger partial charge is 0.217 e. The van der Waals surface area contributed by atoms with Crippen LogP contribution in [0.2, 0.25) is 0 Å². The van der Waals surface area contributed by atoms with E-state index in [-0.39, 0.29) is 11.9 Å². The number of rotatable bonds is 1. The van der Waals surface area contributed by atoms with Gasteiger partial charge in [0.05, 0.1) is 6.04 Å². The number of halogens is 1. The van der Waals surface area contributed by atoms with E-state index in [2.05, 4.69) is 10.6 Å². The number of hydrogen-bond acceptors (Lipinski definition) is 2. The normalized spacial score (nSPS) is 31.5. The highest BCUT2D eigenvalue weighted by molar-refractivity contribution is 5.73. The highest BCUT2D eigenvalue weighted by Gasteiger charge is 2.24. The van der Waals surface area contributed by atoms with E-state index >= 15 is 0 Å². The van der Waals surface area contributed by atoms with Gasteiger partial charge in [0, 0.05) is 13.5 Å². The molecule has 0 aromatic carbocycles. The molecule has 0 radical (unpaired) electrons. The summed E-state index contributed by atoms with van der Waals surface area (Å²) in [6, 6.07) is -0.284. The monoisotopic (exact) mass is 160 g/mol. The van der Waals surface area contributed by atoms with Gasteiger partial charge in [-0.3, -0.25) is 4.79 Å². The van der Waals surface area contributed by atoms with Gasteiger partial charge in [-0.15, -0.1) is 0 Å². The standard InChI is InChI=1S/C7H13FN2O/c1-5(11)10-7-2-3-9-4-6(7)8/h6-7,9H,2-4H2,1H3,(H,10,11). The van der Waals surface area contributed by atoms with Crippen molar-refractivity contribution >= 4 is 5.91 Å². The lowest BCUT2D eigenvalue weighted by atomic mass is 10.1. The molecule has 2 N–H and O–H groups in total. The van der Waals surface area contributed by atoms with Crippen LogP contribution >= 0.6 is 0 Å². The molecule has 1 rings (SSSR count). The Morgan fingerprint density at radius 2 is 2.45 bits per heavy atom. The van der Waals surface area contributed by atoms with Gasteiger partial charge in [-0.2, -0.15) is 0 Å². The average Bonchev–Trinajstić information content (AvgIpc) is 1.93. The van der Waals surface area contributed by atoms with Crippen LogP contribution in [0.3, 0.4) is 0 Å². The number of alkyl halides is 1. The zero-order valence-electron chi connectivity index (χ0n) is 6.56. The van der Waals surface area contributed by atoms with E-state index in [1.165, 1.54) is 6.92 Å². The second kappa shape index (κ2) is 3.67. The molecule has 11 heavy (non-hydrogen) atoms. The minimum absolute atomic E-state index is 0.153. The van der Waals surface area contributed by atoms with Gasteiger partial charge in [-0.25, -0.2) is 4.39 Å². The SMILES string of the molecule is CC(=O)NC1CCNCC1F. The van der Waals surface area contributed by atoms with Crippen LogP contribution in [0.25, 0.3) is 0 Å². The lowest BCUT2D eigenvalue weighted by molar-refractivity contribution is -0.120. The maximum atomic E-state index is 12.9. The van der Waals surface area contributed by atoms with E-state index in [1.54, 1.807) is 0 Å². The van der Waals surface area contributed by atoms with Crippen molar-refractivity contribution in [3.8, 4) is 0 Å². The first-order chi connectivity index (χ1) is 5.20. The first kappa shape index (κ1) is 8.46. The molecule has 1 saturated heterocycles. The van der Waals surface area contributed by atoms with Crippen LogP contribution in [0.1, 0.15) is 13.3 Å². The third-order valence-corrected chi connectivity index (χ3v) is 1.80. The molecule has 2 unspecified atom stereocenters. The Hall–Kier alpha value is -0.640. The van der Waals surface area contributed by atoms with Crippen molar-refractivity contribution in [2.24, 2.45) is 0 Å². The van der Waals surface area contributed by atoms with Crippen LogP contribution in [-0.2, 0) is 4.79 Å². The summed E-state index contributed by atoms with van der Waals surface area (Å²) < 4.78 is 12.9. The molecule has 1 aliphatic heterocycles. The lowest BCUT2D eigenvalue weighted by Crippen LogP contribution is -2.50. The van der Waals surface area contributed by atoms with E-state index in [9.17, 15) is 9.18 Å². The predicted molar refractivity (Wildman–Crippen MR) is 40.0 cm³/mol. The van der Waals surface area contributed by atoms with E-state index in [4.69, 9.17) is 0 Å². The topological polar surface area (TPSA) is 41.1 Å². The first-order valence-corrected chi connectivity index (χ1v) is 3.82. The molecule has 1 amide bonds. The van der Waals surface area contributed by atoms with Crippen molar-refractivity contribution in [2.75, 3.05) is 13.1 Å². The molecule has 1 aliphatic rings. The Morgan fingerprint density at radius 1 is 1.73 bits per heavy atom.